The fourth-order valence-corrected chi connectivity index (χ4v) is 3.95. The van der Waals surface area contributed by atoms with Crippen molar-refractivity contribution in [2.45, 2.75) is 13.0 Å². The highest BCUT2D eigenvalue weighted by Gasteiger charge is 2.20. The van der Waals surface area contributed by atoms with Gasteiger partial charge in [0.05, 0.1) is 7.11 Å². The molecule has 1 N–H and O–H groups in total. The van der Waals surface area contributed by atoms with Crippen LogP contribution in [0.15, 0.2) is 54.7 Å². The van der Waals surface area contributed by atoms with E-state index in [-0.39, 0.29) is 12.5 Å². The highest BCUT2D eigenvalue weighted by molar-refractivity contribution is 5.88. The maximum absolute atomic E-state index is 11.4. The largest absolute Gasteiger partial charge is 0.491 e. The number of hydrogen-bond acceptors (Lipinski definition) is 6. The first kappa shape index (κ1) is 22.0. The number of piperazine rings is 1. The number of aliphatic hydroxyl groups is 1. The second-order valence-corrected chi connectivity index (χ2v) is 8.08. The molecule has 0 spiro atoms. The van der Waals surface area contributed by atoms with Crippen molar-refractivity contribution < 1.29 is 19.4 Å². The van der Waals surface area contributed by atoms with E-state index >= 15 is 0 Å². The fourth-order valence-electron chi connectivity index (χ4n) is 3.95. The summed E-state index contributed by atoms with van der Waals surface area (Å²) < 4.78 is 11.0. The van der Waals surface area contributed by atoms with Gasteiger partial charge in [-0.2, -0.15) is 0 Å². The third kappa shape index (κ3) is 5.36. The molecule has 2 heterocycles. The van der Waals surface area contributed by atoms with Gasteiger partial charge in [-0.3, -0.25) is 9.69 Å². The van der Waals surface area contributed by atoms with Crippen LogP contribution in [-0.4, -0.2) is 78.3 Å². The number of nitrogens with zero attached hydrogens (tertiary/aromatic N) is 3. The van der Waals surface area contributed by atoms with E-state index in [4.69, 9.17) is 9.47 Å². The van der Waals surface area contributed by atoms with Crippen molar-refractivity contribution in [3.63, 3.8) is 0 Å². The van der Waals surface area contributed by atoms with Gasteiger partial charge in [0.25, 0.3) is 0 Å². The molecule has 1 saturated heterocycles. The number of amides is 1. The number of ether oxygens (including phenoxy) is 2. The van der Waals surface area contributed by atoms with E-state index in [1.807, 2.05) is 35.2 Å². The molecule has 0 saturated carbocycles. The molecular weight excluding hydrogens is 406 g/mol. The number of aromatic nitrogens is 1. The summed E-state index contributed by atoms with van der Waals surface area (Å²) in [6.45, 7) is 5.34. The molecule has 32 heavy (non-hydrogen) atoms. The maximum atomic E-state index is 11.4. The van der Waals surface area contributed by atoms with Gasteiger partial charge in [-0.1, -0.05) is 18.2 Å². The second-order valence-electron chi connectivity index (χ2n) is 8.08. The van der Waals surface area contributed by atoms with Crippen molar-refractivity contribution in [2.75, 3.05) is 46.4 Å². The summed E-state index contributed by atoms with van der Waals surface area (Å²) in [5.41, 5.74) is 2.11. The lowest BCUT2D eigenvalue weighted by Gasteiger charge is -2.35. The Balaban J connectivity index is 1.33. The highest BCUT2D eigenvalue weighted by Crippen LogP contribution is 2.27. The molecule has 7 nitrogen and oxygen atoms in total. The molecule has 1 fully saturated rings. The van der Waals surface area contributed by atoms with E-state index in [1.54, 1.807) is 20.2 Å². The number of methoxy groups -OCH3 is 1. The van der Waals surface area contributed by atoms with E-state index < -0.39 is 6.10 Å². The molecule has 1 aliphatic heterocycles. The SMILES string of the molecule is COc1ccc(-c2ccc3cc(OCC(O)CN4CCN(C(C)=O)CC4)ccc3c2)cn1. The molecule has 3 aromatic rings. The molecule has 7 heteroatoms. The monoisotopic (exact) mass is 435 g/mol. The Morgan fingerprint density at radius 3 is 2.44 bits per heavy atom. The molecule has 168 valence electrons. The average molecular weight is 436 g/mol. The lowest BCUT2D eigenvalue weighted by atomic mass is 10.0. The molecule has 2 aromatic carbocycles. The number of fused-ring (bicyclic) bond motifs is 1. The number of hydrogen-bond donors (Lipinski definition) is 1. The Hall–Kier alpha value is -3.16. The Kier molecular flexibility index (Phi) is 6.87. The number of pyridine rings is 1. The van der Waals surface area contributed by atoms with Gasteiger partial charge >= 0.3 is 0 Å². The predicted molar refractivity (Wildman–Crippen MR) is 124 cm³/mol. The maximum Gasteiger partial charge on any atom is 0.219 e. The summed E-state index contributed by atoms with van der Waals surface area (Å²) in [4.78, 5) is 19.7. The minimum atomic E-state index is -0.584. The smallest absolute Gasteiger partial charge is 0.219 e. The molecule has 1 amide bonds. The third-order valence-corrected chi connectivity index (χ3v) is 5.82. The zero-order valence-corrected chi connectivity index (χ0v) is 18.5. The summed E-state index contributed by atoms with van der Waals surface area (Å²) in [5.74, 6) is 1.44. The van der Waals surface area contributed by atoms with E-state index in [0.29, 0.717) is 25.5 Å². The van der Waals surface area contributed by atoms with Gasteiger partial charge in [-0.15, -0.1) is 0 Å². The number of carbonyl (C=O) groups excluding carboxylic acids is 1. The zero-order chi connectivity index (χ0) is 22.5. The molecule has 1 atom stereocenters. The van der Waals surface area contributed by atoms with Crippen molar-refractivity contribution in [1.29, 1.82) is 0 Å². The summed E-state index contributed by atoms with van der Waals surface area (Å²) in [7, 11) is 1.60. The lowest BCUT2D eigenvalue weighted by Crippen LogP contribution is -2.50. The Morgan fingerprint density at radius 1 is 1.03 bits per heavy atom. The second kappa shape index (κ2) is 9.97. The van der Waals surface area contributed by atoms with Gasteiger partial charge in [0.1, 0.15) is 18.5 Å². The van der Waals surface area contributed by atoms with Crippen molar-refractivity contribution in [1.82, 2.24) is 14.8 Å². The van der Waals surface area contributed by atoms with Crippen LogP contribution < -0.4 is 9.47 Å². The first-order valence-electron chi connectivity index (χ1n) is 10.8. The molecule has 4 rings (SSSR count). The predicted octanol–water partition coefficient (Wildman–Crippen LogP) is 2.81. The number of benzene rings is 2. The van der Waals surface area contributed by atoms with E-state index in [9.17, 15) is 9.90 Å². The first-order chi connectivity index (χ1) is 15.5. The van der Waals surface area contributed by atoms with E-state index in [2.05, 4.69) is 28.1 Å². The van der Waals surface area contributed by atoms with Crippen LogP contribution in [0, 0.1) is 0 Å². The van der Waals surface area contributed by atoms with Crippen LogP contribution in [0.5, 0.6) is 11.6 Å². The molecule has 1 aromatic heterocycles. The van der Waals surface area contributed by atoms with Gasteiger partial charge in [0, 0.05) is 57.5 Å². The van der Waals surface area contributed by atoms with Gasteiger partial charge in [0.15, 0.2) is 0 Å². The average Bonchev–Trinajstić information content (AvgIpc) is 2.82. The van der Waals surface area contributed by atoms with E-state index in [0.717, 1.165) is 40.7 Å². The molecule has 1 unspecified atom stereocenters. The van der Waals surface area contributed by atoms with Crippen LogP contribution in [0.1, 0.15) is 6.92 Å². The molecule has 0 radical (unpaired) electrons. The summed E-state index contributed by atoms with van der Waals surface area (Å²) in [5, 5.41) is 12.6. The Bertz CT molecular complexity index is 1060. The molecule has 0 bridgehead atoms. The standard InChI is InChI=1S/C25H29N3O4/c1-18(29)28-11-9-27(10-12-28)16-23(30)17-32-24-7-5-19-13-20(3-4-21(19)14-24)22-6-8-25(31-2)26-15-22/h3-8,13-15,23,30H,9-12,16-17H2,1-2H3. The van der Waals surface area contributed by atoms with Crippen LogP contribution in [0.25, 0.3) is 21.9 Å². The number of β-amino-alcohol motifs (C(OH)–C–C–N with tert-alkyl or cyclic N) is 1. The minimum absolute atomic E-state index is 0.109. The van der Waals surface area contributed by atoms with Gasteiger partial charge in [0.2, 0.25) is 11.8 Å². The first-order valence-corrected chi connectivity index (χ1v) is 10.8. The number of aliphatic hydroxyl groups excluding tert-OH is 1. The van der Waals surface area contributed by atoms with Gasteiger partial charge in [-0.05, 0) is 40.6 Å². The molecule has 0 aliphatic carbocycles. The quantitative estimate of drug-likeness (QED) is 0.615. The number of rotatable bonds is 7. The third-order valence-electron chi connectivity index (χ3n) is 5.82. The fraction of sp³-hybridized carbons (Fsp3) is 0.360. The van der Waals surface area contributed by atoms with Crippen molar-refractivity contribution in [3.8, 4) is 22.8 Å². The normalized spacial score (nSPS) is 15.5. The van der Waals surface area contributed by atoms with Crippen LogP contribution in [-0.2, 0) is 4.79 Å². The molecule has 1 aliphatic rings. The van der Waals surface area contributed by atoms with Crippen LogP contribution >= 0.6 is 0 Å². The highest BCUT2D eigenvalue weighted by atomic mass is 16.5. The van der Waals surface area contributed by atoms with Crippen molar-refractivity contribution in [3.05, 3.63) is 54.7 Å². The summed E-state index contributed by atoms with van der Waals surface area (Å²) in [6.07, 6.45) is 1.22. The topological polar surface area (TPSA) is 75.1 Å². The Labute approximate surface area is 188 Å². The Morgan fingerprint density at radius 2 is 1.75 bits per heavy atom. The van der Waals surface area contributed by atoms with E-state index in [1.165, 1.54) is 0 Å². The van der Waals surface area contributed by atoms with Crippen molar-refractivity contribution >= 4 is 16.7 Å². The zero-order valence-electron chi connectivity index (χ0n) is 18.5. The van der Waals surface area contributed by atoms with Gasteiger partial charge in [-0.25, -0.2) is 4.98 Å². The summed E-state index contributed by atoms with van der Waals surface area (Å²) >= 11 is 0. The van der Waals surface area contributed by atoms with Crippen LogP contribution in [0.3, 0.4) is 0 Å². The van der Waals surface area contributed by atoms with Crippen LogP contribution in [0.4, 0.5) is 0 Å². The van der Waals surface area contributed by atoms with Crippen molar-refractivity contribution in [2.24, 2.45) is 0 Å². The molecular formula is C25H29N3O4. The lowest BCUT2D eigenvalue weighted by molar-refractivity contribution is -0.130. The van der Waals surface area contributed by atoms with Crippen LogP contribution in [0.2, 0.25) is 0 Å². The van der Waals surface area contributed by atoms with Gasteiger partial charge < -0.3 is 19.5 Å². The summed E-state index contributed by atoms with van der Waals surface area (Å²) in [6, 6.07) is 16.0. The minimum Gasteiger partial charge on any atom is -0.491 e. The number of carbonyl (C=O) groups is 1.